The van der Waals surface area contributed by atoms with Crippen molar-refractivity contribution in [1.82, 2.24) is 78.1 Å². The van der Waals surface area contributed by atoms with Crippen LogP contribution in [0.5, 0.6) is 0 Å². The summed E-state index contributed by atoms with van der Waals surface area (Å²) >= 11 is 0. The summed E-state index contributed by atoms with van der Waals surface area (Å²) in [6.45, 7) is 39.6. The van der Waals surface area contributed by atoms with Crippen molar-refractivity contribution in [2.45, 2.75) is 262 Å². The molecule has 0 aliphatic carbocycles. The van der Waals surface area contributed by atoms with Gasteiger partial charge >= 0.3 is 0 Å². The van der Waals surface area contributed by atoms with E-state index < -0.39 is 24.4 Å². The second-order valence-corrected chi connectivity index (χ2v) is 30.7. The Kier molecular flexibility index (Phi) is 32.5. The lowest BCUT2D eigenvalue weighted by Gasteiger charge is -2.26. The summed E-state index contributed by atoms with van der Waals surface area (Å²) in [5.74, 6) is 5.07. The lowest BCUT2D eigenvalue weighted by molar-refractivity contribution is 0.103. The Hall–Kier alpha value is -10.7. The van der Waals surface area contributed by atoms with E-state index in [1.54, 1.807) is 12.7 Å². The molecule has 12 N–H and O–H groups in total. The molecule has 114 heavy (non-hydrogen) atoms. The third kappa shape index (κ3) is 23.3. The first kappa shape index (κ1) is 87.3. The lowest BCUT2D eigenvalue weighted by Crippen LogP contribution is -2.37. The van der Waals surface area contributed by atoms with E-state index in [1.807, 2.05) is 159 Å². The molecule has 28 heteroatoms. The fraction of sp³-hybridized carbons (Fsp3) is 0.488. The Morgan fingerprint density at radius 2 is 0.491 bits per heavy atom. The normalized spacial score (nSPS) is 13.7. The van der Waals surface area contributed by atoms with E-state index in [-0.39, 0.29) is 60.2 Å². The summed E-state index contributed by atoms with van der Waals surface area (Å²) in [4.78, 5) is 55.8. The number of aliphatic hydroxyl groups is 4. The molecule has 4 unspecified atom stereocenters. The fourth-order valence-corrected chi connectivity index (χ4v) is 13.0. The molecule has 12 rings (SSSR count). The summed E-state index contributed by atoms with van der Waals surface area (Å²) in [6, 6.07) is 41.2. The van der Waals surface area contributed by atoms with Gasteiger partial charge in [-0.2, -0.15) is 39.9 Å². The molecule has 612 valence electrons. The Morgan fingerprint density at radius 1 is 0.281 bits per heavy atom. The zero-order valence-electron chi connectivity index (χ0n) is 70.0. The third-order valence-corrected chi connectivity index (χ3v) is 20.1. The van der Waals surface area contributed by atoms with Crippen LogP contribution in [-0.2, 0) is 26.2 Å². The molecule has 8 aromatic heterocycles. The van der Waals surface area contributed by atoms with Crippen LogP contribution >= 0.6 is 0 Å². The minimum Gasteiger partial charge on any atom is -0.391 e. The fourth-order valence-electron chi connectivity index (χ4n) is 13.0. The van der Waals surface area contributed by atoms with Crippen molar-refractivity contribution in [3.63, 3.8) is 0 Å². The first-order valence-electron chi connectivity index (χ1n) is 40.7. The lowest BCUT2D eigenvalue weighted by atomic mass is 9.98. The Balaban J connectivity index is 0.000000174. The van der Waals surface area contributed by atoms with Crippen LogP contribution in [-0.4, -0.2) is 147 Å². The zero-order chi connectivity index (χ0) is 82.1. The number of nitrogens with one attached hydrogen (secondary N) is 8. The molecule has 0 aliphatic heterocycles. The smallest absolute Gasteiger partial charge is 0.227 e. The molecule has 8 atom stereocenters. The molecule has 0 radical (unpaired) electrons. The van der Waals surface area contributed by atoms with Crippen molar-refractivity contribution in [2.24, 2.45) is 11.8 Å². The van der Waals surface area contributed by atoms with Crippen LogP contribution in [0, 0.1) is 11.8 Å². The molecule has 4 aromatic carbocycles. The first-order valence-corrected chi connectivity index (χ1v) is 40.7. The number of anilines is 8. The standard InChI is InChI=1S/2C22H32N6O.2C21H30N6O/c2*1-6-17(19(29)14(2)3)25-22-26-20(23-12-16-10-8-7-9-11-16)18-21(27-22)28(13-24-18)15(4)5;2*1-5-16(17(28)6-2)24-21-25-19(22-12-15-10-8-7-9-11-15)18-20(26-21)27(13-23-18)14(3)4/h2*7-11,13-15,17,19,29H,6,12H2,1-5H3,(H2,23,25,26,27);2*7-11,13-14,16-17,28H,5-6,12H2,1-4H3,(H2,22,24,25,26)/t2*17-,19?;2*16-,17?/m1010/s1. The molecule has 8 heterocycles. The van der Waals surface area contributed by atoms with Crippen LogP contribution in [0.4, 0.5) is 47.1 Å². The molecule has 0 amide bonds. The number of hydrogen-bond acceptors (Lipinski definition) is 24. The summed E-state index contributed by atoms with van der Waals surface area (Å²) in [5, 5.41) is 68.5. The Labute approximate surface area is 672 Å². The van der Waals surface area contributed by atoms with Gasteiger partial charge in [0.05, 0.1) is 73.9 Å². The van der Waals surface area contributed by atoms with Crippen molar-refractivity contribution in [3.05, 3.63) is 169 Å². The van der Waals surface area contributed by atoms with Crippen LogP contribution in [0.15, 0.2) is 147 Å². The monoisotopic (exact) mass is 1560 g/mol. The number of aromatic nitrogens is 16. The van der Waals surface area contributed by atoms with E-state index in [9.17, 15) is 20.4 Å². The van der Waals surface area contributed by atoms with Crippen molar-refractivity contribution in [3.8, 4) is 0 Å². The van der Waals surface area contributed by atoms with Gasteiger partial charge in [0.15, 0.2) is 67.9 Å². The predicted molar refractivity (Wildman–Crippen MR) is 463 cm³/mol. The van der Waals surface area contributed by atoms with Crippen molar-refractivity contribution < 1.29 is 20.4 Å². The zero-order valence-corrected chi connectivity index (χ0v) is 70.0. The van der Waals surface area contributed by atoms with E-state index in [1.165, 1.54) is 22.3 Å². The van der Waals surface area contributed by atoms with Gasteiger partial charge in [0.25, 0.3) is 0 Å². The van der Waals surface area contributed by atoms with Gasteiger partial charge in [-0.05, 0) is 128 Å². The molecule has 0 saturated heterocycles. The highest BCUT2D eigenvalue weighted by Gasteiger charge is 2.27. The molecule has 0 spiro atoms. The van der Waals surface area contributed by atoms with Gasteiger partial charge in [-0.3, -0.25) is 0 Å². The number of rotatable bonds is 36. The van der Waals surface area contributed by atoms with Gasteiger partial charge in [0.1, 0.15) is 0 Å². The van der Waals surface area contributed by atoms with Crippen molar-refractivity contribution in [2.75, 3.05) is 42.5 Å². The number of fused-ring (bicyclic) bond motifs is 4. The average molecular weight is 1560 g/mol. The highest BCUT2D eigenvalue weighted by atomic mass is 16.3. The van der Waals surface area contributed by atoms with E-state index in [0.717, 1.165) is 70.3 Å². The van der Waals surface area contributed by atoms with Crippen LogP contribution in [0.25, 0.3) is 44.7 Å². The van der Waals surface area contributed by atoms with E-state index in [2.05, 4.69) is 190 Å². The number of benzene rings is 4. The summed E-state index contributed by atoms with van der Waals surface area (Å²) in [5.41, 5.74) is 10.8. The van der Waals surface area contributed by atoms with Gasteiger partial charge in [-0.25, -0.2) is 19.9 Å². The summed E-state index contributed by atoms with van der Waals surface area (Å²) in [7, 11) is 0. The molecule has 0 saturated carbocycles. The Bertz CT molecular complexity index is 4540. The number of aliphatic hydroxyl groups excluding tert-OH is 4. The molecular formula is C86H124N24O4. The van der Waals surface area contributed by atoms with Crippen LogP contribution in [0.1, 0.15) is 210 Å². The number of hydrogen-bond donors (Lipinski definition) is 12. The summed E-state index contributed by atoms with van der Waals surface area (Å²) in [6.07, 6.45) is 9.86. The first-order chi connectivity index (χ1) is 54.9. The maximum Gasteiger partial charge on any atom is 0.227 e. The minimum atomic E-state index is -0.477. The highest BCUT2D eigenvalue weighted by molar-refractivity contribution is 5.87. The van der Waals surface area contributed by atoms with Crippen LogP contribution in [0.2, 0.25) is 0 Å². The minimum absolute atomic E-state index is 0.0974. The van der Waals surface area contributed by atoms with Gasteiger partial charge in [0.2, 0.25) is 23.8 Å². The molecule has 0 bridgehead atoms. The van der Waals surface area contributed by atoms with Gasteiger partial charge in [-0.1, -0.05) is 191 Å². The second-order valence-electron chi connectivity index (χ2n) is 30.7. The average Bonchev–Trinajstić information content (AvgIpc) is 1.64. The highest BCUT2D eigenvalue weighted by Crippen LogP contribution is 2.31. The molecule has 0 fully saturated rings. The van der Waals surface area contributed by atoms with Gasteiger partial charge < -0.3 is 81.2 Å². The SMILES string of the molecule is CCC(O)[C@@H](CC)Nc1nc(NCc2ccccc2)c2ncn(C(C)C)c2n1.CCC(O)[C@H](CC)Nc1nc(NCc2ccccc2)c2ncn(C(C)C)c2n1.CC[C@@H](Nc1nc(NCc2ccccc2)c2ncn(C(C)C)c2n1)C(O)C(C)C.CC[C@H](Nc1nc(NCc2ccccc2)c2ncn(C(C)C)c2n1)C(O)C(C)C. The maximum absolute atomic E-state index is 10.5. The predicted octanol–water partition coefficient (Wildman–Crippen LogP) is 16.4. The maximum atomic E-state index is 10.5. The van der Waals surface area contributed by atoms with Crippen molar-refractivity contribution in [1.29, 1.82) is 0 Å². The largest absolute Gasteiger partial charge is 0.391 e. The van der Waals surface area contributed by atoms with E-state index in [0.29, 0.717) is 86.1 Å². The quantitative estimate of drug-likeness (QED) is 0.0174. The number of imidazole rings is 4. The van der Waals surface area contributed by atoms with Crippen LogP contribution < -0.4 is 42.5 Å². The topological polar surface area (TPSA) is 352 Å². The van der Waals surface area contributed by atoms with Crippen molar-refractivity contribution >= 4 is 91.7 Å². The summed E-state index contributed by atoms with van der Waals surface area (Å²) < 4.78 is 8.14. The van der Waals surface area contributed by atoms with E-state index in [4.69, 9.17) is 29.9 Å². The molecular weight excluding hydrogens is 1430 g/mol. The number of nitrogens with zero attached hydrogens (tertiary/aromatic N) is 16. The second kappa shape index (κ2) is 42.4. The molecule has 28 nitrogen and oxygen atoms in total. The Morgan fingerprint density at radius 3 is 0.675 bits per heavy atom. The van der Waals surface area contributed by atoms with E-state index >= 15 is 0 Å². The molecule has 12 aromatic rings. The van der Waals surface area contributed by atoms with Crippen LogP contribution in [0.3, 0.4) is 0 Å². The van der Waals surface area contributed by atoms with Gasteiger partial charge in [0, 0.05) is 50.3 Å². The molecule has 0 aliphatic rings. The third-order valence-electron chi connectivity index (χ3n) is 20.1. The van der Waals surface area contributed by atoms with Gasteiger partial charge in [-0.15, -0.1) is 0 Å².